The van der Waals surface area contributed by atoms with Crippen molar-refractivity contribution in [2.75, 3.05) is 17.6 Å². The van der Waals surface area contributed by atoms with E-state index in [1.165, 1.54) is 12.4 Å². The number of nitrogens with zero attached hydrogens (tertiary/aromatic N) is 3. The van der Waals surface area contributed by atoms with Crippen LogP contribution in [0.3, 0.4) is 0 Å². The number of nitrogens with one attached hydrogen (secondary N) is 2. The number of hydrogen-bond acceptors (Lipinski definition) is 7. The maximum atomic E-state index is 13.4. The molecule has 38 heavy (non-hydrogen) atoms. The van der Waals surface area contributed by atoms with Gasteiger partial charge in [-0.05, 0) is 82.6 Å². The van der Waals surface area contributed by atoms with Crippen molar-refractivity contribution < 1.29 is 13.6 Å². The Labute approximate surface area is 234 Å². The number of aromatic nitrogens is 3. The number of amides is 1. The number of fused-ring (bicyclic) bond motifs is 1. The van der Waals surface area contributed by atoms with Gasteiger partial charge < -0.3 is 16.4 Å². The van der Waals surface area contributed by atoms with Crippen LogP contribution in [0.25, 0.3) is 21.3 Å². The highest BCUT2D eigenvalue weighted by Crippen LogP contribution is 2.31. The van der Waals surface area contributed by atoms with Gasteiger partial charge in [-0.3, -0.25) is 4.79 Å². The number of carbonyl (C=O) groups excluding carboxylic acids is 1. The van der Waals surface area contributed by atoms with Gasteiger partial charge in [0.05, 0.1) is 17.6 Å². The lowest BCUT2D eigenvalue weighted by atomic mass is 10.1. The average Bonchev–Trinajstić information content (AvgIpc) is 3.39. The number of nitrogen functional groups attached to an aromatic ring is 1. The topological polar surface area (TPSA) is 106 Å². The molecule has 192 valence electrons. The van der Waals surface area contributed by atoms with Gasteiger partial charge in [-0.25, -0.2) is 23.7 Å². The van der Waals surface area contributed by atoms with E-state index < -0.39 is 11.6 Å². The van der Waals surface area contributed by atoms with Gasteiger partial charge in [-0.1, -0.05) is 12.1 Å². The Morgan fingerprint density at radius 2 is 1.87 bits per heavy atom. The van der Waals surface area contributed by atoms with Crippen molar-refractivity contribution in [3.63, 3.8) is 0 Å². The third-order valence-electron chi connectivity index (χ3n) is 5.82. The number of carbonyl (C=O) groups is 1. The largest absolute Gasteiger partial charge is 0.383 e. The Morgan fingerprint density at radius 3 is 2.71 bits per heavy atom. The summed E-state index contributed by atoms with van der Waals surface area (Å²) in [6.07, 6.45) is 3.50. The van der Waals surface area contributed by atoms with Crippen LogP contribution in [0, 0.1) is 15.2 Å². The third kappa shape index (κ3) is 5.89. The maximum absolute atomic E-state index is 13.4. The fourth-order valence-electron chi connectivity index (χ4n) is 3.89. The van der Waals surface area contributed by atoms with Crippen molar-refractivity contribution >= 4 is 62.4 Å². The summed E-state index contributed by atoms with van der Waals surface area (Å²) in [7, 11) is 0. The SMILES string of the molecule is Nc1ncnc2ccc(-c3ccc(CNc4ncc(I)cc4C(=O)NCCc4ccc(F)c(F)c4)s3)cc12. The first kappa shape index (κ1) is 25.9. The molecular weight excluding hydrogens is 621 g/mol. The van der Waals surface area contributed by atoms with Gasteiger partial charge in [0, 0.05) is 31.5 Å². The van der Waals surface area contributed by atoms with Crippen LogP contribution in [0.4, 0.5) is 20.4 Å². The van der Waals surface area contributed by atoms with E-state index in [2.05, 4.69) is 48.2 Å². The van der Waals surface area contributed by atoms with Crippen LogP contribution in [0.5, 0.6) is 0 Å². The molecule has 0 spiro atoms. The lowest BCUT2D eigenvalue weighted by molar-refractivity contribution is 0.0954. The van der Waals surface area contributed by atoms with Gasteiger partial charge >= 0.3 is 0 Å². The van der Waals surface area contributed by atoms with E-state index in [0.29, 0.717) is 35.7 Å². The zero-order valence-electron chi connectivity index (χ0n) is 19.8. The lowest BCUT2D eigenvalue weighted by Crippen LogP contribution is -2.27. The monoisotopic (exact) mass is 642 g/mol. The third-order valence-corrected chi connectivity index (χ3v) is 7.55. The minimum atomic E-state index is -0.905. The van der Waals surface area contributed by atoms with E-state index in [1.807, 2.05) is 30.3 Å². The Balaban J connectivity index is 1.25. The molecule has 5 rings (SSSR count). The molecule has 0 saturated carbocycles. The van der Waals surface area contributed by atoms with Crippen molar-refractivity contribution in [2.45, 2.75) is 13.0 Å². The zero-order valence-corrected chi connectivity index (χ0v) is 22.8. The van der Waals surface area contributed by atoms with E-state index >= 15 is 0 Å². The van der Waals surface area contributed by atoms with E-state index in [4.69, 9.17) is 5.73 Å². The van der Waals surface area contributed by atoms with E-state index in [-0.39, 0.29) is 12.5 Å². The molecular formula is C27H21F2IN6OS. The first-order valence-corrected chi connectivity index (χ1v) is 13.5. The van der Waals surface area contributed by atoms with Crippen LogP contribution in [-0.4, -0.2) is 27.4 Å². The summed E-state index contributed by atoms with van der Waals surface area (Å²) >= 11 is 3.72. The Hall–Kier alpha value is -3.71. The van der Waals surface area contributed by atoms with Gasteiger partial charge in [0.15, 0.2) is 11.6 Å². The molecule has 0 aliphatic carbocycles. The summed E-state index contributed by atoms with van der Waals surface area (Å²) in [4.78, 5) is 27.8. The van der Waals surface area contributed by atoms with Crippen molar-refractivity contribution in [1.29, 1.82) is 0 Å². The molecule has 4 N–H and O–H groups in total. The van der Waals surface area contributed by atoms with Crippen LogP contribution >= 0.6 is 33.9 Å². The Kier molecular flexibility index (Phi) is 7.74. The van der Waals surface area contributed by atoms with Gasteiger partial charge in [0.25, 0.3) is 5.91 Å². The van der Waals surface area contributed by atoms with Crippen LogP contribution in [0.15, 0.2) is 67.1 Å². The predicted molar refractivity (Wildman–Crippen MR) is 154 cm³/mol. The lowest BCUT2D eigenvalue weighted by Gasteiger charge is -2.12. The highest BCUT2D eigenvalue weighted by molar-refractivity contribution is 14.1. The normalized spacial score (nSPS) is 11.0. The molecule has 5 aromatic rings. The van der Waals surface area contributed by atoms with Gasteiger partial charge in [-0.15, -0.1) is 11.3 Å². The Morgan fingerprint density at radius 1 is 1.00 bits per heavy atom. The summed E-state index contributed by atoms with van der Waals surface area (Å²) in [6.45, 7) is 0.747. The zero-order chi connectivity index (χ0) is 26.6. The summed E-state index contributed by atoms with van der Waals surface area (Å²) in [6, 6.07) is 15.4. The smallest absolute Gasteiger partial charge is 0.255 e. The van der Waals surface area contributed by atoms with Gasteiger partial charge in [0.2, 0.25) is 0 Å². The number of nitrogens with two attached hydrogens (primary N) is 1. The fraction of sp³-hybridized carbons (Fsp3) is 0.111. The van der Waals surface area contributed by atoms with Crippen LogP contribution < -0.4 is 16.4 Å². The highest BCUT2D eigenvalue weighted by Gasteiger charge is 2.14. The molecule has 3 aromatic heterocycles. The van der Waals surface area contributed by atoms with Crippen molar-refractivity contribution in [3.8, 4) is 10.4 Å². The van der Waals surface area contributed by atoms with Gasteiger partial charge in [-0.2, -0.15) is 0 Å². The minimum Gasteiger partial charge on any atom is -0.383 e. The molecule has 1 amide bonds. The molecule has 0 unspecified atom stereocenters. The molecule has 0 radical (unpaired) electrons. The first-order chi connectivity index (χ1) is 18.4. The maximum Gasteiger partial charge on any atom is 0.255 e. The molecule has 0 saturated heterocycles. The number of anilines is 2. The minimum absolute atomic E-state index is 0.268. The summed E-state index contributed by atoms with van der Waals surface area (Å²) in [5, 5.41) is 6.91. The second-order valence-corrected chi connectivity index (χ2v) is 10.8. The van der Waals surface area contributed by atoms with E-state index in [0.717, 1.165) is 41.9 Å². The summed E-state index contributed by atoms with van der Waals surface area (Å²) in [5.74, 6) is -1.20. The quantitative estimate of drug-likeness (QED) is 0.185. The van der Waals surface area contributed by atoms with Crippen LogP contribution in [-0.2, 0) is 13.0 Å². The number of pyridine rings is 1. The van der Waals surface area contributed by atoms with Crippen molar-refractivity contribution in [3.05, 3.63) is 98.3 Å². The number of halogens is 3. The molecule has 0 aliphatic rings. The average molecular weight is 642 g/mol. The standard InChI is InChI=1S/C27H21F2IN6OS/c28-21-4-1-15(9-22(21)29)7-8-32-27(37)20-11-17(30)12-33-26(20)34-13-18-3-6-24(38-18)16-2-5-23-19(10-16)25(31)36-14-35-23/h1-6,9-12,14H,7-8,13H2,(H,32,37)(H,33,34)(H2,31,35,36). The molecule has 0 fully saturated rings. The molecule has 0 aliphatic heterocycles. The number of benzene rings is 2. The molecule has 11 heteroatoms. The highest BCUT2D eigenvalue weighted by atomic mass is 127. The van der Waals surface area contributed by atoms with Crippen molar-refractivity contribution in [1.82, 2.24) is 20.3 Å². The summed E-state index contributed by atoms with van der Waals surface area (Å²) < 4.78 is 27.4. The molecule has 3 heterocycles. The van der Waals surface area contributed by atoms with Gasteiger partial charge in [0.1, 0.15) is 18.0 Å². The molecule has 7 nitrogen and oxygen atoms in total. The predicted octanol–water partition coefficient (Wildman–Crippen LogP) is 5.80. The number of rotatable bonds is 8. The van der Waals surface area contributed by atoms with Crippen LogP contribution in [0.1, 0.15) is 20.8 Å². The summed E-state index contributed by atoms with van der Waals surface area (Å²) in [5.41, 5.74) is 8.83. The van der Waals surface area contributed by atoms with E-state index in [9.17, 15) is 13.6 Å². The molecule has 2 aromatic carbocycles. The van der Waals surface area contributed by atoms with Crippen molar-refractivity contribution in [2.24, 2.45) is 0 Å². The second-order valence-electron chi connectivity index (χ2n) is 8.41. The Bertz CT molecular complexity index is 1640. The fourth-order valence-corrected chi connectivity index (χ4v) is 5.29. The van der Waals surface area contributed by atoms with E-state index in [1.54, 1.807) is 23.6 Å². The van der Waals surface area contributed by atoms with Crippen LogP contribution in [0.2, 0.25) is 0 Å². The number of thiophene rings is 1. The molecule has 0 bridgehead atoms. The molecule has 0 atom stereocenters. The first-order valence-electron chi connectivity index (χ1n) is 11.6. The second kappa shape index (κ2) is 11.4. The number of hydrogen-bond donors (Lipinski definition) is 3.